The Morgan fingerprint density at radius 2 is 1.81 bits per heavy atom. The van der Waals surface area contributed by atoms with E-state index in [4.69, 9.17) is 4.74 Å². The van der Waals surface area contributed by atoms with E-state index in [1.54, 1.807) is 0 Å². The van der Waals surface area contributed by atoms with Crippen molar-refractivity contribution >= 4 is 0 Å². The van der Waals surface area contributed by atoms with Gasteiger partial charge < -0.3 is 9.64 Å². The Morgan fingerprint density at radius 1 is 1.12 bits per heavy atom. The highest BCUT2D eigenvalue weighted by Crippen LogP contribution is 2.20. The average Bonchev–Trinajstić information content (AvgIpc) is 2.22. The zero-order valence-corrected chi connectivity index (χ0v) is 10.8. The topological polar surface area (TPSA) is 15.7 Å². The van der Waals surface area contributed by atoms with Gasteiger partial charge >= 0.3 is 0 Å². The molecule has 0 radical (unpaired) electrons. The van der Waals surface area contributed by atoms with Crippen LogP contribution < -0.4 is 0 Å². The molecule has 0 atom stereocenters. The Hall–Kier alpha value is -0.120. The summed E-state index contributed by atoms with van der Waals surface area (Å²) in [5.41, 5.74) is 0. The summed E-state index contributed by atoms with van der Waals surface area (Å²) in [6.45, 7) is 14.0. The van der Waals surface area contributed by atoms with Crippen LogP contribution in [0.2, 0.25) is 0 Å². The largest absolute Gasteiger partial charge is 0.379 e. The fraction of sp³-hybridized carbons (Fsp3) is 1.00. The first-order chi connectivity index (χ1) is 7.74. The molecule has 0 aromatic heterocycles. The second kappa shape index (κ2) is 5.99. The molecular weight excluding hydrogens is 200 g/mol. The van der Waals surface area contributed by atoms with Gasteiger partial charge in [-0.25, -0.2) is 0 Å². The molecule has 3 nitrogen and oxygen atoms in total. The number of rotatable bonds is 5. The first kappa shape index (κ1) is 12.3. The van der Waals surface area contributed by atoms with E-state index in [0.717, 1.165) is 38.1 Å². The Balaban J connectivity index is 1.52. The maximum Gasteiger partial charge on any atom is 0.0594 e. The summed E-state index contributed by atoms with van der Waals surface area (Å²) in [4.78, 5) is 5.14. The van der Waals surface area contributed by atoms with E-state index >= 15 is 0 Å². The summed E-state index contributed by atoms with van der Waals surface area (Å²) in [5.74, 6) is 1.78. The van der Waals surface area contributed by atoms with Crippen molar-refractivity contribution in [3.63, 3.8) is 0 Å². The van der Waals surface area contributed by atoms with Crippen LogP contribution in [0.1, 0.15) is 20.3 Å². The number of hydrogen-bond donors (Lipinski definition) is 0. The molecule has 2 aliphatic rings. The highest BCUT2D eigenvalue weighted by molar-refractivity contribution is 4.81. The maximum atomic E-state index is 5.36. The van der Waals surface area contributed by atoms with Crippen molar-refractivity contribution in [1.82, 2.24) is 9.80 Å². The highest BCUT2D eigenvalue weighted by Gasteiger charge is 2.27. The van der Waals surface area contributed by atoms with E-state index in [1.165, 1.54) is 32.6 Å². The Kier molecular flexibility index (Phi) is 4.62. The molecule has 0 aliphatic carbocycles. The normalized spacial score (nSPS) is 24.9. The number of morpholine rings is 1. The molecule has 2 heterocycles. The Labute approximate surface area is 99.7 Å². The molecule has 0 N–H and O–H groups in total. The van der Waals surface area contributed by atoms with Crippen LogP contribution in [0.25, 0.3) is 0 Å². The van der Waals surface area contributed by atoms with Crippen LogP contribution >= 0.6 is 0 Å². The van der Waals surface area contributed by atoms with Gasteiger partial charge in [0.25, 0.3) is 0 Å². The molecule has 2 rings (SSSR count). The van der Waals surface area contributed by atoms with Gasteiger partial charge in [0.2, 0.25) is 0 Å². The molecular formula is C13H26N2O. The predicted octanol–water partition coefficient (Wildman–Crippen LogP) is 1.30. The molecule has 0 aromatic rings. The molecule has 16 heavy (non-hydrogen) atoms. The molecule has 3 heteroatoms. The van der Waals surface area contributed by atoms with Crippen molar-refractivity contribution in [2.45, 2.75) is 20.3 Å². The molecule has 2 saturated heterocycles. The van der Waals surface area contributed by atoms with E-state index in [9.17, 15) is 0 Å². The third-order valence-electron chi connectivity index (χ3n) is 3.61. The quantitative estimate of drug-likeness (QED) is 0.703. The van der Waals surface area contributed by atoms with Crippen molar-refractivity contribution in [1.29, 1.82) is 0 Å². The first-order valence-corrected chi connectivity index (χ1v) is 6.76. The average molecular weight is 226 g/mol. The molecule has 0 unspecified atom stereocenters. The van der Waals surface area contributed by atoms with Gasteiger partial charge in [0.05, 0.1) is 13.2 Å². The second-order valence-electron chi connectivity index (χ2n) is 5.72. The first-order valence-electron chi connectivity index (χ1n) is 6.76. The Bertz CT molecular complexity index is 196. The SMILES string of the molecule is CC(C)CN1CC(CCN2CCOCC2)C1. The summed E-state index contributed by atoms with van der Waals surface area (Å²) in [5, 5.41) is 0. The molecule has 0 saturated carbocycles. The minimum atomic E-state index is 0.820. The maximum absolute atomic E-state index is 5.36. The summed E-state index contributed by atoms with van der Waals surface area (Å²) >= 11 is 0. The third-order valence-corrected chi connectivity index (χ3v) is 3.61. The number of ether oxygens (including phenoxy) is 1. The monoisotopic (exact) mass is 226 g/mol. The fourth-order valence-corrected chi connectivity index (χ4v) is 2.71. The minimum absolute atomic E-state index is 0.820. The summed E-state index contributed by atoms with van der Waals surface area (Å²) in [6.07, 6.45) is 1.38. The van der Waals surface area contributed by atoms with Gasteiger partial charge in [-0.2, -0.15) is 0 Å². The molecule has 0 spiro atoms. The van der Waals surface area contributed by atoms with Gasteiger partial charge in [-0.15, -0.1) is 0 Å². The van der Waals surface area contributed by atoms with Gasteiger partial charge in [0, 0.05) is 32.7 Å². The van der Waals surface area contributed by atoms with Crippen LogP contribution in [-0.2, 0) is 4.74 Å². The van der Waals surface area contributed by atoms with E-state index in [2.05, 4.69) is 23.6 Å². The summed E-state index contributed by atoms with van der Waals surface area (Å²) in [6, 6.07) is 0. The van der Waals surface area contributed by atoms with Crippen molar-refractivity contribution in [2.75, 3.05) is 52.5 Å². The fourth-order valence-electron chi connectivity index (χ4n) is 2.71. The van der Waals surface area contributed by atoms with Crippen molar-refractivity contribution in [3.05, 3.63) is 0 Å². The standard InChI is InChI=1S/C13H26N2O/c1-12(2)9-15-10-13(11-15)3-4-14-5-7-16-8-6-14/h12-13H,3-11H2,1-2H3. The molecule has 0 aromatic carbocycles. The van der Waals surface area contributed by atoms with E-state index in [0.29, 0.717) is 0 Å². The lowest BCUT2D eigenvalue weighted by atomic mass is 9.95. The van der Waals surface area contributed by atoms with Crippen molar-refractivity contribution in [3.8, 4) is 0 Å². The molecule has 2 aliphatic heterocycles. The Morgan fingerprint density at radius 3 is 2.44 bits per heavy atom. The smallest absolute Gasteiger partial charge is 0.0594 e. The highest BCUT2D eigenvalue weighted by atomic mass is 16.5. The molecule has 0 amide bonds. The lowest BCUT2D eigenvalue weighted by molar-refractivity contribution is 0.0243. The van der Waals surface area contributed by atoms with Gasteiger partial charge in [0.15, 0.2) is 0 Å². The zero-order chi connectivity index (χ0) is 11.4. The van der Waals surface area contributed by atoms with E-state index in [-0.39, 0.29) is 0 Å². The van der Waals surface area contributed by atoms with Crippen LogP contribution in [0.3, 0.4) is 0 Å². The van der Waals surface area contributed by atoms with E-state index in [1.807, 2.05) is 0 Å². The van der Waals surface area contributed by atoms with Crippen molar-refractivity contribution in [2.24, 2.45) is 11.8 Å². The van der Waals surface area contributed by atoms with Gasteiger partial charge in [-0.3, -0.25) is 4.90 Å². The van der Waals surface area contributed by atoms with Crippen LogP contribution in [0.5, 0.6) is 0 Å². The van der Waals surface area contributed by atoms with Crippen LogP contribution in [0.15, 0.2) is 0 Å². The molecule has 2 fully saturated rings. The zero-order valence-electron chi connectivity index (χ0n) is 10.8. The number of likely N-dealkylation sites (tertiary alicyclic amines) is 1. The predicted molar refractivity (Wildman–Crippen MR) is 66.6 cm³/mol. The summed E-state index contributed by atoms with van der Waals surface area (Å²) < 4.78 is 5.36. The lowest BCUT2D eigenvalue weighted by Crippen LogP contribution is -2.49. The number of hydrogen-bond acceptors (Lipinski definition) is 3. The van der Waals surface area contributed by atoms with Gasteiger partial charge in [-0.1, -0.05) is 13.8 Å². The third kappa shape index (κ3) is 3.72. The number of nitrogens with zero attached hydrogens (tertiary/aromatic N) is 2. The van der Waals surface area contributed by atoms with Crippen LogP contribution in [0, 0.1) is 11.8 Å². The second-order valence-corrected chi connectivity index (χ2v) is 5.72. The molecule has 94 valence electrons. The minimum Gasteiger partial charge on any atom is -0.379 e. The van der Waals surface area contributed by atoms with Crippen molar-refractivity contribution < 1.29 is 4.74 Å². The lowest BCUT2D eigenvalue weighted by Gasteiger charge is -2.41. The van der Waals surface area contributed by atoms with Crippen LogP contribution in [-0.4, -0.2) is 62.3 Å². The summed E-state index contributed by atoms with van der Waals surface area (Å²) in [7, 11) is 0. The molecule has 0 bridgehead atoms. The van der Waals surface area contributed by atoms with Gasteiger partial charge in [-0.05, 0) is 24.8 Å². The van der Waals surface area contributed by atoms with Gasteiger partial charge in [0.1, 0.15) is 0 Å². The van der Waals surface area contributed by atoms with Crippen LogP contribution in [0.4, 0.5) is 0 Å². The van der Waals surface area contributed by atoms with E-state index < -0.39 is 0 Å².